The second kappa shape index (κ2) is 6.73. The van der Waals surface area contributed by atoms with Crippen molar-refractivity contribution in [2.24, 2.45) is 5.14 Å². The molecule has 4 N–H and O–H groups in total. The molecular weight excluding hydrogens is 322 g/mol. The van der Waals surface area contributed by atoms with Gasteiger partial charge in [0.2, 0.25) is 10.0 Å². The first-order valence-corrected chi connectivity index (χ1v) is 8.11. The molecule has 0 amide bonds. The van der Waals surface area contributed by atoms with Crippen LogP contribution in [-0.4, -0.2) is 18.4 Å². The topological polar surface area (TPSA) is 136 Å². The fraction of sp³-hybridized carbons (Fsp3) is 0.143. The Kier molecular flexibility index (Phi) is 4.94. The van der Waals surface area contributed by atoms with E-state index in [-0.39, 0.29) is 18.8 Å². The van der Waals surface area contributed by atoms with Crippen molar-refractivity contribution in [1.82, 2.24) is 0 Å². The fourth-order valence-corrected chi connectivity index (χ4v) is 2.88. The van der Waals surface area contributed by atoms with Gasteiger partial charge in [0.25, 0.3) is 0 Å². The zero-order valence-electron chi connectivity index (χ0n) is 12.0. The van der Waals surface area contributed by atoms with Crippen molar-refractivity contribution in [2.45, 2.75) is 18.0 Å². The number of sulfonamides is 1. The lowest BCUT2D eigenvalue weighted by Crippen LogP contribution is -2.15. The molecule has 8 nitrogen and oxygen atoms in total. The van der Waals surface area contributed by atoms with Gasteiger partial charge in [-0.05, 0) is 23.3 Å². The minimum atomic E-state index is -4.22. The highest BCUT2D eigenvalue weighted by Gasteiger charge is 2.26. The highest BCUT2D eigenvalue weighted by atomic mass is 32.2. The molecule has 0 aliphatic heterocycles. The third-order valence-corrected chi connectivity index (χ3v) is 4.19. The van der Waals surface area contributed by atoms with Gasteiger partial charge < -0.3 is 10.4 Å². The molecule has 0 saturated heterocycles. The smallest absolute Gasteiger partial charge is 0.312 e. The summed E-state index contributed by atoms with van der Waals surface area (Å²) in [6.45, 7) is 0.0167. The number of aliphatic hydroxyl groups excluding tert-OH is 1. The number of nitro groups is 1. The quantitative estimate of drug-likeness (QED) is 0.538. The van der Waals surface area contributed by atoms with Crippen molar-refractivity contribution >= 4 is 21.4 Å². The van der Waals surface area contributed by atoms with Crippen LogP contribution in [0.1, 0.15) is 11.1 Å². The maximum absolute atomic E-state index is 11.5. The van der Waals surface area contributed by atoms with Gasteiger partial charge in [0.15, 0.2) is 4.90 Å². The molecule has 9 heteroatoms. The van der Waals surface area contributed by atoms with E-state index in [1.807, 2.05) is 0 Å². The molecule has 0 aliphatic rings. The van der Waals surface area contributed by atoms with Crippen molar-refractivity contribution in [1.29, 1.82) is 0 Å². The number of nitrogens with two attached hydrogens (primary N) is 1. The van der Waals surface area contributed by atoms with Crippen LogP contribution in [0.2, 0.25) is 0 Å². The predicted molar refractivity (Wildman–Crippen MR) is 84.2 cm³/mol. The van der Waals surface area contributed by atoms with Crippen LogP contribution >= 0.6 is 0 Å². The molecule has 2 rings (SSSR count). The molecule has 122 valence electrons. The Morgan fingerprint density at radius 2 is 1.78 bits per heavy atom. The number of benzene rings is 2. The van der Waals surface area contributed by atoms with Gasteiger partial charge in [-0.2, -0.15) is 0 Å². The van der Waals surface area contributed by atoms with Crippen LogP contribution in [0, 0.1) is 10.1 Å². The Balaban J connectivity index is 2.39. The van der Waals surface area contributed by atoms with Gasteiger partial charge in [0, 0.05) is 6.54 Å². The number of nitrogens with one attached hydrogen (secondary N) is 1. The number of rotatable bonds is 6. The van der Waals surface area contributed by atoms with Gasteiger partial charge in [0.1, 0.15) is 5.69 Å². The van der Waals surface area contributed by atoms with Gasteiger partial charge in [0.05, 0.1) is 11.5 Å². The molecule has 23 heavy (non-hydrogen) atoms. The lowest BCUT2D eigenvalue weighted by molar-refractivity contribution is -0.386. The summed E-state index contributed by atoms with van der Waals surface area (Å²) < 4.78 is 23.0. The number of hydrogen-bond donors (Lipinski definition) is 3. The summed E-state index contributed by atoms with van der Waals surface area (Å²) in [7, 11) is -4.22. The lowest BCUT2D eigenvalue weighted by Gasteiger charge is -2.11. The summed E-state index contributed by atoms with van der Waals surface area (Å²) in [5.41, 5.74) is 0.848. The van der Waals surface area contributed by atoms with E-state index in [0.29, 0.717) is 5.56 Å². The first-order chi connectivity index (χ1) is 10.8. The summed E-state index contributed by atoms with van der Waals surface area (Å²) in [5.74, 6) is 0. The Morgan fingerprint density at radius 3 is 2.35 bits per heavy atom. The maximum atomic E-state index is 11.5. The fourth-order valence-electron chi connectivity index (χ4n) is 2.16. The zero-order chi connectivity index (χ0) is 17.0. The number of aliphatic hydroxyl groups is 1. The van der Waals surface area contributed by atoms with Crippen LogP contribution in [-0.2, 0) is 23.2 Å². The highest BCUT2D eigenvalue weighted by molar-refractivity contribution is 7.89. The van der Waals surface area contributed by atoms with E-state index >= 15 is 0 Å². The SMILES string of the molecule is NS(=O)(=O)c1cccc(NCc2ccccc2CO)c1[N+](=O)[O-]. The molecule has 0 atom stereocenters. The van der Waals surface area contributed by atoms with Crippen molar-refractivity contribution in [3.05, 3.63) is 63.7 Å². The van der Waals surface area contributed by atoms with E-state index in [4.69, 9.17) is 5.14 Å². The average molecular weight is 337 g/mol. The van der Waals surface area contributed by atoms with Crippen molar-refractivity contribution < 1.29 is 18.4 Å². The van der Waals surface area contributed by atoms with Crippen LogP contribution in [0.4, 0.5) is 11.4 Å². The molecule has 0 aliphatic carbocycles. The number of nitrogens with zero attached hydrogens (tertiary/aromatic N) is 1. The number of hydrogen-bond acceptors (Lipinski definition) is 6. The molecule has 0 aromatic heterocycles. The summed E-state index contributed by atoms with van der Waals surface area (Å²) in [5, 5.41) is 28.4. The Labute approximate surface area is 132 Å². The minimum Gasteiger partial charge on any atom is -0.392 e. The molecule has 2 aromatic rings. The Morgan fingerprint density at radius 1 is 1.13 bits per heavy atom. The van der Waals surface area contributed by atoms with Crippen molar-refractivity contribution in [3.63, 3.8) is 0 Å². The summed E-state index contributed by atoms with van der Waals surface area (Å²) in [6.07, 6.45) is 0. The molecular formula is C14H15N3O5S. The Bertz CT molecular complexity index is 836. The van der Waals surface area contributed by atoms with Crippen LogP contribution < -0.4 is 10.5 Å². The summed E-state index contributed by atoms with van der Waals surface area (Å²) in [6, 6.07) is 10.9. The van der Waals surface area contributed by atoms with Crippen LogP contribution in [0.25, 0.3) is 0 Å². The van der Waals surface area contributed by atoms with Gasteiger partial charge in [-0.25, -0.2) is 13.6 Å². The first kappa shape index (κ1) is 16.9. The van der Waals surface area contributed by atoms with Crippen molar-refractivity contribution in [3.8, 4) is 0 Å². The third kappa shape index (κ3) is 3.83. The molecule has 0 unspecified atom stereocenters. The summed E-state index contributed by atoms with van der Waals surface area (Å²) in [4.78, 5) is 9.88. The largest absolute Gasteiger partial charge is 0.392 e. The lowest BCUT2D eigenvalue weighted by atomic mass is 10.1. The van der Waals surface area contributed by atoms with Gasteiger partial charge in [-0.3, -0.25) is 10.1 Å². The Hall–Kier alpha value is -2.49. The normalized spacial score (nSPS) is 11.2. The highest BCUT2D eigenvalue weighted by Crippen LogP contribution is 2.31. The summed E-state index contributed by atoms with van der Waals surface area (Å²) >= 11 is 0. The van der Waals surface area contributed by atoms with Crippen molar-refractivity contribution in [2.75, 3.05) is 5.32 Å². The van der Waals surface area contributed by atoms with Gasteiger partial charge in [-0.1, -0.05) is 30.3 Å². The van der Waals surface area contributed by atoms with Gasteiger partial charge in [-0.15, -0.1) is 0 Å². The zero-order valence-corrected chi connectivity index (χ0v) is 12.8. The number of nitro benzene ring substituents is 1. The molecule has 0 radical (unpaired) electrons. The maximum Gasteiger partial charge on any atom is 0.312 e. The van der Waals surface area contributed by atoms with Crippen LogP contribution in [0.15, 0.2) is 47.4 Å². The molecule has 2 aromatic carbocycles. The van der Waals surface area contributed by atoms with E-state index in [1.165, 1.54) is 12.1 Å². The standard InChI is InChI=1S/C14H15N3O5S/c15-23(21,22)13-7-3-6-12(14(13)17(19)20)16-8-10-4-1-2-5-11(10)9-18/h1-7,16,18H,8-9H2,(H2,15,21,22). The van der Waals surface area contributed by atoms with E-state index in [1.54, 1.807) is 24.3 Å². The number of anilines is 1. The molecule has 0 spiro atoms. The monoisotopic (exact) mass is 337 g/mol. The van der Waals surface area contributed by atoms with E-state index in [0.717, 1.165) is 11.6 Å². The molecule has 0 heterocycles. The van der Waals surface area contributed by atoms with E-state index in [9.17, 15) is 23.6 Å². The third-order valence-electron chi connectivity index (χ3n) is 3.25. The average Bonchev–Trinajstić information content (AvgIpc) is 2.51. The molecule has 0 saturated carbocycles. The second-order valence-electron chi connectivity index (χ2n) is 4.73. The second-order valence-corrected chi connectivity index (χ2v) is 6.26. The van der Waals surface area contributed by atoms with Crippen LogP contribution in [0.3, 0.4) is 0 Å². The molecule has 0 fully saturated rings. The van der Waals surface area contributed by atoms with E-state index < -0.39 is 25.5 Å². The van der Waals surface area contributed by atoms with Gasteiger partial charge >= 0.3 is 5.69 Å². The van der Waals surface area contributed by atoms with Crippen LogP contribution in [0.5, 0.6) is 0 Å². The number of para-hydroxylation sites is 1. The minimum absolute atomic E-state index is 0.0364. The first-order valence-electron chi connectivity index (χ1n) is 6.56. The van der Waals surface area contributed by atoms with E-state index in [2.05, 4.69) is 5.32 Å². The molecule has 0 bridgehead atoms. The predicted octanol–water partition coefficient (Wildman–Crippen LogP) is 1.35. The number of primary sulfonamides is 1.